The Hall–Kier alpha value is -0.920. The zero-order chi connectivity index (χ0) is 12.1. The van der Waals surface area contributed by atoms with Crippen LogP contribution in [0.4, 0.5) is 0 Å². The van der Waals surface area contributed by atoms with E-state index in [9.17, 15) is 0 Å². The molecule has 0 radical (unpaired) electrons. The van der Waals surface area contributed by atoms with Crippen LogP contribution in [0.2, 0.25) is 10.0 Å². The Morgan fingerprint density at radius 3 is 2.25 bits per heavy atom. The summed E-state index contributed by atoms with van der Waals surface area (Å²) in [5, 5.41) is 1.29. The van der Waals surface area contributed by atoms with Crippen LogP contribution in [0.5, 0.6) is 0 Å². The van der Waals surface area contributed by atoms with E-state index < -0.39 is 0 Å². The molecule has 3 heteroatoms. The predicted molar refractivity (Wildman–Crippen MR) is 70.2 cm³/mol. The van der Waals surface area contributed by atoms with E-state index in [2.05, 4.69) is 0 Å². The summed E-state index contributed by atoms with van der Waals surface area (Å²) in [6, 6.07) is 9.09. The molecular weight excluding hydrogens is 243 g/mol. The highest BCUT2D eigenvalue weighted by Gasteiger charge is 2.07. The first-order valence-corrected chi connectivity index (χ1v) is 5.94. The number of hydrogen-bond acceptors (Lipinski definition) is 1. The van der Waals surface area contributed by atoms with Crippen LogP contribution in [0.15, 0.2) is 34.7 Å². The van der Waals surface area contributed by atoms with E-state index in [1.807, 2.05) is 32.9 Å². The predicted octanol–water partition coefficient (Wildman–Crippen LogP) is 5.59. The largest absolute Gasteiger partial charge is 0.461 e. The molecule has 0 N–H and O–H groups in total. The first-order chi connectivity index (χ1) is 7.66. The number of benzene rings is 1. The molecule has 0 saturated heterocycles. The van der Waals surface area contributed by atoms with Gasteiger partial charge in [0.15, 0.2) is 0 Å². The molecule has 0 spiro atoms. The normalized spacial score (nSPS) is 9.56. The molecule has 1 aromatic heterocycles. The van der Waals surface area contributed by atoms with E-state index in [-0.39, 0.29) is 0 Å². The smallest absolute Gasteiger partial charge is 0.135 e. The molecule has 1 heterocycles. The van der Waals surface area contributed by atoms with E-state index >= 15 is 0 Å². The lowest BCUT2D eigenvalue weighted by molar-refractivity contribution is 0.548. The zero-order valence-corrected chi connectivity index (χ0v) is 11.1. The Labute approximate surface area is 106 Å². The van der Waals surface area contributed by atoms with Gasteiger partial charge in [0.25, 0.3) is 0 Å². The zero-order valence-electron chi connectivity index (χ0n) is 9.55. The molecule has 0 fully saturated rings. The average Bonchev–Trinajstić information content (AvgIpc) is 2.71. The molecule has 1 aromatic carbocycles. The molecule has 0 saturated carbocycles. The minimum Gasteiger partial charge on any atom is -0.461 e. The SMILES string of the molecule is CC.Cc1ccc(-c2cc(Cl)ccc2Cl)o1. The first kappa shape index (κ1) is 13.1. The maximum absolute atomic E-state index is 6.02. The van der Waals surface area contributed by atoms with Gasteiger partial charge in [-0.3, -0.25) is 0 Å². The Morgan fingerprint density at radius 2 is 1.69 bits per heavy atom. The summed E-state index contributed by atoms with van der Waals surface area (Å²) in [6.07, 6.45) is 0. The van der Waals surface area contributed by atoms with Crippen LogP contribution in [-0.2, 0) is 0 Å². The van der Waals surface area contributed by atoms with Gasteiger partial charge in [-0.2, -0.15) is 0 Å². The number of aryl methyl sites for hydroxylation is 1. The van der Waals surface area contributed by atoms with E-state index in [4.69, 9.17) is 27.6 Å². The van der Waals surface area contributed by atoms with Crippen LogP contribution in [0.3, 0.4) is 0 Å². The van der Waals surface area contributed by atoms with Crippen molar-refractivity contribution in [2.24, 2.45) is 0 Å². The average molecular weight is 257 g/mol. The van der Waals surface area contributed by atoms with E-state index in [0.717, 1.165) is 17.1 Å². The van der Waals surface area contributed by atoms with Crippen LogP contribution in [0.25, 0.3) is 11.3 Å². The third-order valence-corrected chi connectivity index (χ3v) is 2.50. The number of hydrogen-bond donors (Lipinski definition) is 0. The Bertz CT molecular complexity index is 461. The lowest BCUT2D eigenvalue weighted by atomic mass is 10.2. The second-order valence-electron chi connectivity index (χ2n) is 3.03. The van der Waals surface area contributed by atoms with Crippen molar-refractivity contribution >= 4 is 23.2 Å². The fraction of sp³-hybridized carbons (Fsp3) is 0.231. The molecule has 0 aliphatic carbocycles. The highest BCUT2D eigenvalue weighted by Crippen LogP contribution is 2.31. The van der Waals surface area contributed by atoms with Crippen molar-refractivity contribution in [1.29, 1.82) is 0 Å². The fourth-order valence-corrected chi connectivity index (χ4v) is 1.65. The van der Waals surface area contributed by atoms with Gasteiger partial charge in [-0.15, -0.1) is 0 Å². The molecule has 0 aliphatic rings. The summed E-state index contributed by atoms with van der Waals surface area (Å²) < 4.78 is 5.46. The minimum absolute atomic E-state index is 0.642. The van der Waals surface area contributed by atoms with Gasteiger partial charge in [-0.1, -0.05) is 37.0 Å². The molecule has 1 nitrogen and oxygen atoms in total. The van der Waals surface area contributed by atoms with Crippen LogP contribution in [0, 0.1) is 6.92 Å². The van der Waals surface area contributed by atoms with Crippen LogP contribution >= 0.6 is 23.2 Å². The Kier molecular flexibility index (Phi) is 4.91. The van der Waals surface area contributed by atoms with Crippen molar-refractivity contribution in [2.75, 3.05) is 0 Å². The van der Waals surface area contributed by atoms with Crippen molar-refractivity contribution in [1.82, 2.24) is 0 Å². The van der Waals surface area contributed by atoms with Crippen molar-refractivity contribution in [3.8, 4) is 11.3 Å². The molecule has 2 aromatic rings. The van der Waals surface area contributed by atoms with Crippen molar-refractivity contribution in [3.63, 3.8) is 0 Å². The molecule has 86 valence electrons. The molecule has 0 bridgehead atoms. The van der Waals surface area contributed by atoms with Gasteiger partial charge in [0.05, 0.1) is 5.02 Å². The van der Waals surface area contributed by atoms with E-state index in [1.54, 1.807) is 18.2 Å². The van der Waals surface area contributed by atoms with Gasteiger partial charge in [0.1, 0.15) is 11.5 Å². The third-order valence-electron chi connectivity index (χ3n) is 1.93. The lowest BCUT2D eigenvalue weighted by Gasteiger charge is -2.00. The molecular formula is C13H14Cl2O. The monoisotopic (exact) mass is 256 g/mol. The molecule has 0 atom stereocenters. The maximum atomic E-state index is 6.02. The van der Waals surface area contributed by atoms with Gasteiger partial charge in [0, 0.05) is 10.6 Å². The van der Waals surface area contributed by atoms with E-state index in [0.29, 0.717) is 10.0 Å². The van der Waals surface area contributed by atoms with Crippen LogP contribution in [0.1, 0.15) is 19.6 Å². The lowest BCUT2D eigenvalue weighted by Crippen LogP contribution is -1.76. The van der Waals surface area contributed by atoms with E-state index in [1.165, 1.54) is 0 Å². The molecule has 16 heavy (non-hydrogen) atoms. The molecule has 0 amide bonds. The summed E-state index contributed by atoms with van der Waals surface area (Å²) in [5.41, 5.74) is 0.826. The number of halogens is 2. The fourth-order valence-electron chi connectivity index (χ4n) is 1.27. The second-order valence-corrected chi connectivity index (χ2v) is 3.88. The minimum atomic E-state index is 0.642. The first-order valence-electron chi connectivity index (χ1n) is 5.18. The Balaban J connectivity index is 0.000000606. The molecule has 0 aliphatic heterocycles. The molecule has 2 rings (SSSR count). The highest BCUT2D eigenvalue weighted by atomic mass is 35.5. The number of furan rings is 1. The van der Waals surface area contributed by atoms with Crippen molar-refractivity contribution in [3.05, 3.63) is 46.1 Å². The quantitative estimate of drug-likeness (QED) is 0.649. The van der Waals surface area contributed by atoms with Gasteiger partial charge >= 0.3 is 0 Å². The van der Waals surface area contributed by atoms with Gasteiger partial charge < -0.3 is 4.42 Å². The van der Waals surface area contributed by atoms with Crippen LogP contribution in [-0.4, -0.2) is 0 Å². The maximum Gasteiger partial charge on any atom is 0.135 e. The highest BCUT2D eigenvalue weighted by molar-refractivity contribution is 6.35. The summed E-state index contributed by atoms with van der Waals surface area (Å²) in [7, 11) is 0. The number of rotatable bonds is 1. The van der Waals surface area contributed by atoms with Crippen molar-refractivity contribution in [2.45, 2.75) is 20.8 Å². The Morgan fingerprint density at radius 1 is 1.00 bits per heavy atom. The van der Waals surface area contributed by atoms with Crippen molar-refractivity contribution < 1.29 is 4.42 Å². The third kappa shape index (κ3) is 3.03. The van der Waals surface area contributed by atoms with Gasteiger partial charge in [-0.25, -0.2) is 0 Å². The topological polar surface area (TPSA) is 13.1 Å². The summed E-state index contributed by atoms with van der Waals surface area (Å²) in [4.78, 5) is 0. The second kappa shape index (κ2) is 5.97. The van der Waals surface area contributed by atoms with Crippen LogP contribution < -0.4 is 0 Å². The standard InChI is InChI=1S/C11H8Cl2O.C2H6/c1-7-2-5-11(14-7)9-6-8(12)3-4-10(9)13;1-2/h2-6H,1H3;1-2H3. The summed E-state index contributed by atoms with van der Waals surface area (Å²) >= 11 is 11.9. The summed E-state index contributed by atoms with van der Waals surface area (Å²) in [6.45, 7) is 5.89. The summed E-state index contributed by atoms with van der Waals surface area (Å²) in [5.74, 6) is 1.60. The molecule has 0 unspecified atom stereocenters. The van der Waals surface area contributed by atoms with Gasteiger partial charge in [0.2, 0.25) is 0 Å². The van der Waals surface area contributed by atoms with Gasteiger partial charge in [-0.05, 0) is 37.3 Å².